The molecule has 29 heavy (non-hydrogen) atoms. The highest BCUT2D eigenvalue weighted by Gasteiger charge is 2.20. The standard InChI is InChI=1S/C23H25N3O3/c1-17-10-13-26(14-11-18-7-5-4-6-8-18)23(28)21(17)22(27)25(2)16-19-15-20(29-3)9-12-24-19/h4-10,12-13,15H,11,14,16H2,1-3H3. The summed E-state index contributed by atoms with van der Waals surface area (Å²) in [6, 6.07) is 15.3. The summed E-state index contributed by atoms with van der Waals surface area (Å²) in [5.41, 5.74) is 2.44. The van der Waals surface area contributed by atoms with E-state index in [0.717, 1.165) is 12.0 Å². The molecule has 0 bridgehead atoms. The Labute approximate surface area is 170 Å². The van der Waals surface area contributed by atoms with Gasteiger partial charge in [-0.3, -0.25) is 14.6 Å². The molecule has 0 unspecified atom stereocenters. The highest BCUT2D eigenvalue weighted by atomic mass is 16.5. The van der Waals surface area contributed by atoms with Crippen LogP contribution in [0.1, 0.15) is 27.2 Å². The van der Waals surface area contributed by atoms with Gasteiger partial charge in [-0.1, -0.05) is 30.3 Å². The van der Waals surface area contributed by atoms with E-state index in [1.54, 1.807) is 50.2 Å². The molecule has 6 heteroatoms. The minimum atomic E-state index is -0.314. The number of aromatic nitrogens is 2. The first-order chi connectivity index (χ1) is 14.0. The van der Waals surface area contributed by atoms with Crippen LogP contribution in [0, 0.1) is 6.92 Å². The Morgan fingerprint density at radius 2 is 1.93 bits per heavy atom. The highest BCUT2D eigenvalue weighted by molar-refractivity contribution is 5.95. The first kappa shape index (κ1) is 20.3. The van der Waals surface area contributed by atoms with Crippen molar-refractivity contribution in [3.8, 4) is 5.75 Å². The Kier molecular flexibility index (Phi) is 6.44. The maximum Gasteiger partial charge on any atom is 0.263 e. The van der Waals surface area contributed by atoms with Gasteiger partial charge in [0.25, 0.3) is 11.5 Å². The van der Waals surface area contributed by atoms with Crippen LogP contribution in [0.4, 0.5) is 0 Å². The fourth-order valence-corrected chi connectivity index (χ4v) is 3.17. The first-order valence-corrected chi connectivity index (χ1v) is 9.48. The topological polar surface area (TPSA) is 64.4 Å². The smallest absolute Gasteiger partial charge is 0.263 e. The van der Waals surface area contributed by atoms with Crippen LogP contribution in [0.2, 0.25) is 0 Å². The second-order valence-electron chi connectivity index (χ2n) is 6.96. The number of ether oxygens (including phenoxy) is 1. The molecule has 0 atom stereocenters. The first-order valence-electron chi connectivity index (χ1n) is 9.48. The second kappa shape index (κ2) is 9.19. The molecule has 150 valence electrons. The predicted octanol–water partition coefficient (Wildman–Crippen LogP) is 3.08. The largest absolute Gasteiger partial charge is 0.497 e. The molecule has 0 radical (unpaired) electrons. The molecule has 6 nitrogen and oxygen atoms in total. The maximum atomic E-state index is 13.0. The Hall–Kier alpha value is -3.41. The van der Waals surface area contributed by atoms with Crippen molar-refractivity contribution >= 4 is 5.91 Å². The number of carbonyl (C=O) groups excluding carboxylic acids is 1. The molecule has 1 amide bonds. The molecule has 0 spiro atoms. The lowest BCUT2D eigenvalue weighted by Crippen LogP contribution is -2.35. The third kappa shape index (κ3) is 4.90. The van der Waals surface area contributed by atoms with E-state index in [0.29, 0.717) is 23.6 Å². The number of methoxy groups -OCH3 is 1. The van der Waals surface area contributed by atoms with Crippen molar-refractivity contribution < 1.29 is 9.53 Å². The van der Waals surface area contributed by atoms with Crippen LogP contribution in [0.15, 0.2) is 65.7 Å². The van der Waals surface area contributed by atoms with Crippen LogP contribution < -0.4 is 10.3 Å². The Morgan fingerprint density at radius 1 is 1.17 bits per heavy atom. The van der Waals surface area contributed by atoms with E-state index in [9.17, 15) is 9.59 Å². The van der Waals surface area contributed by atoms with E-state index in [2.05, 4.69) is 4.98 Å². The highest BCUT2D eigenvalue weighted by Crippen LogP contribution is 2.13. The van der Waals surface area contributed by atoms with Crippen molar-refractivity contribution in [3.05, 3.63) is 93.7 Å². The molecule has 0 aliphatic carbocycles. The van der Waals surface area contributed by atoms with Gasteiger partial charge in [0.05, 0.1) is 19.3 Å². The van der Waals surface area contributed by atoms with Crippen molar-refractivity contribution in [2.75, 3.05) is 14.2 Å². The molecule has 0 saturated heterocycles. The molecular formula is C23H25N3O3. The monoisotopic (exact) mass is 391 g/mol. The van der Waals surface area contributed by atoms with Gasteiger partial charge in [-0.2, -0.15) is 0 Å². The number of carbonyl (C=O) groups is 1. The predicted molar refractivity (Wildman–Crippen MR) is 112 cm³/mol. The average molecular weight is 391 g/mol. The molecule has 0 saturated carbocycles. The number of benzene rings is 1. The van der Waals surface area contributed by atoms with Crippen LogP contribution >= 0.6 is 0 Å². The molecule has 2 aromatic heterocycles. The number of amides is 1. The summed E-state index contributed by atoms with van der Waals surface area (Å²) >= 11 is 0. The minimum Gasteiger partial charge on any atom is -0.497 e. The van der Waals surface area contributed by atoms with E-state index >= 15 is 0 Å². The molecule has 0 N–H and O–H groups in total. The minimum absolute atomic E-state index is 0.200. The van der Waals surface area contributed by atoms with E-state index in [-0.39, 0.29) is 23.6 Å². The zero-order chi connectivity index (χ0) is 20.8. The van der Waals surface area contributed by atoms with Gasteiger partial charge < -0.3 is 14.2 Å². The summed E-state index contributed by atoms with van der Waals surface area (Å²) in [5, 5.41) is 0. The summed E-state index contributed by atoms with van der Waals surface area (Å²) in [5.74, 6) is 0.362. The van der Waals surface area contributed by atoms with Gasteiger partial charge in [-0.05, 0) is 36.6 Å². The molecule has 3 rings (SSSR count). The number of nitrogens with zero attached hydrogens (tertiary/aromatic N) is 3. The Balaban J connectivity index is 1.79. The van der Waals surface area contributed by atoms with Crippen molar-refractivity contribution in [2.24, 2.45) is 0 Å². The van der Waals surface area contributed by atoms with Crippen LogP contribution in [0.5, 0.6) is 5.75 Å². The summed E-state index contributed by atoms with van der Waals surface area (Å²) in [6.07, 6.45) is 4.11. The molecule has 1 aromatic carbocycles. The number of aryl methyl sites for hydroxylation is 3. The van der Waals surface area contributed by atoms with E-state index in [4.69, 9.17) is 4.74 Å². The lowest BCUT2D eigenvalue weighted by molar-refractivity contribution is 0.0780. The molecule has 0 fully saturated rings. The number of hydrogen-bond donors (Lipinski definition) is 0. The lowest BCUT2D eigenvalue weighted by Gasteiger charge is -2.19. The van der Waals surface area contributed by atoms with Crippen molar-refractivity contribution in [1.29, 1.82) is 0 Å². The quantitative estimate of drug-likeness (QED) is 0.621. The molecule has 0 aliphatic heterocycles. The van der Waals surface area contributed by atoms with Gasteiger partial charge in [0.15, 0.2) is 0 Å². The Morgan fingerprint density at radius 3 is 2.66 bits per heavy atom. The molecule has 2 heterocycles. The fourth-order valence-electron chi connectivity index (χ4n) is 3.17. The lowest BCUT2D eigenvalue weighted by atomic mass is 10.1. The summed E-state index contributed by atoms with van der Waals surface area (Å²) in [7, 11) is 3.25. The second-order valence-corrected chi connectivity index (χ2v) is 6.96. The average Bonchev–Trinajstić information content (AvgIpc) is 2.74. The summed E-state index contributed by atoms with van der Waals surface area (Å²) < 4.78 is 6.80. The van der Waals surface area contributed by atoms with E-state index in [1.807, 2.05) is 36.4 Å². The van der Waals surface area contributed by atoms with Gasteiger partial charge in [0, 0.05) is 32.1 Å². The fraction of sp³-hybridized carbons (Fsp3) is 0.261. The SMILES string of the molecule is COc1ccnc(CN(C)C(=O)c2c(C)ccn(CCc3ccccc3)c2=O)c1. The number of pyridine rings is 2. The van der Waals surface area contributed by atoms with Crippen molar-refractivity contribution in [2.45, 2.75) is 26.4 Å². The third-order valence-corrected chi connectivity index (χ3v) is 4.84. The third-order valence-electron chi connectivity index (χ3n) is 4.84. The van der Waals surface area contributed by atoms with E-state index < -0.39 is 0 Å². The molecular weight excluding hydrogens is 366 g/mol. The Bertz CT molecular complexity index is 1040. The van der Waals surface area contributed by atoms with E-state index in [1.165, 1.54) is 4.90 Å². The molecule has 3 aromatic rings. The summed E-state index contributed by atoms with van der Waals surface area (Å²) in [6.45, 7) is 2.59. The number of hydrogen-bond acceptors (Lipinski definition) is 4. The summed E-state index contributed by atoms with van der Waals surface area (Å²) in [4.78, 5) is 31.8. The van der Waals surface area contributed by atoms with Gasteiger partial charge in [0.2, 0.25) is 0 Å². The van der Waals surface area contributed by atoms with Crippen molar-refractivity contribution in [1.82, 2.24) is 14.5 Å². The normalized spacial score (nSPS) is 10.6. The van der Waals surface area contributed by atoms with Crippen LogP contribution in [-0.2, 0) is 19.5 Å². The van der Waals surface area contributed by atoms with Gasteiger partial charge in [0.1, 0.15) is 11.3 Å². The molecule has 0 aliphatic rings. The van der Waals surface area contributed by atoms with Gasteiger partial charge in [-0.25, -0.2) is 0 Å². The van der Waals surface area contributed by atoms with Crippen molar-refractivity contribution in [3.63, 3.8) is 0 Å². The maximum absolute atomic E-state index is 13.0. The van der Waals surface area contributed by atoms with Crippen LogP contribution in [-0.4, -0.2) is 34.5 Å². The zero-order valence-electron chi connectivity index (χ0n) is 17.0. The number of rotatable bonds is 7. The zero-order valence-corrected chi connectivity index (χ0v) is 17.0. The van der Waals surface area contributed by atoms with Gasteiger partial charge >= 0.3 is 0 Å². The van der Waals surface area contributed by atoms with Crippen LogP contribution in [0.3, 0.4) is 0 Å². The van der Waals surface area contributed by atoms with Gasteiger partial charge in [-0.15, -0.1) is 0 Å². The van der Waals surface area contributed by atoms with Crippen LogP contribution in [0.25, 0.3) is 0 Å².